The Morgan fingerprint density at radius 3 is 2.30 bits per heavy atom. The van der Waals surface area contributed by atoms with E-state index in [2.05, 4.69) is 84.7 Å². The van der Waals surface area contributed by atoms with Gasteiger partial charge in [-0.1, -0.05) is 74.5 Å². The molecule has 2 heteroatoms. The first-order valence-corrected chi connectivity index (χ1v) is 8.78. The number of piperazine rings is 1. The molecule has 2 aromatic carbocycles. The van der Waals surface area contributed by atoms with Crippen molar-refractivity contribution in [1.82, 2.24) is 10.2 Å². The van der Waals surface area contributed by atoms with Crippen molar-refractivity contribution in [1.29, 1.82) is 0 Å². The first kappa shape index (κ1) is 16.2. The highest BCUT2D eigenvalue weighted by Gasteiger charge is 2.29. The predicted molar refractivity (Wildman–Crippen MR) is 97.3 cm³/mol. The highest BCUT2D eigenvalue weighted by atomic mass is 15.2. The van der Waals surface area contributed by atoms with E-state index in [9.17, 15) is 0 Å². The molecule has 3 rings (SSSR count). The molecule has 0 spiro atoms. The molecule has 1 N–H and O–H groups in total. The second-order valence-corrected chi connectivity index (χ2v) is 7.08. The molecule has 2 aromatic rings. The molecule has 122 valence electrons. The second-order valence-electron chi connectivity index (χ2n) is 7.08. The lowest BCUT2D eigenvalue weighted by atomic mass is 9.96. The van der Waals surface area contributed by atoms with E-state index < -0.39 is 0 Å². The topological polar surface area (TPSA) is 15.3 Å². The predicted octanol–water partition coefficient (Wildman–Crippen LogP) is 4.25. The van der Waals surface area contributed by atoms with Crippen LogP contribution in [-0.4, -0.2) is 24.0 Å². The molecule has 0 amide bonds. The van der Waals surface area contributed by atoms with Gasteiger partial charge in [0.25, 0.3) is 0 Å². The van der Waals surface area contributed by atoms with Crippen molar-refractivity contribution in [2.24, 2.45) is 5.92 Å². The summed E-state index contributed by atoms with van der Waals surface area (Å²) in [4.78, 5) is 2.65. The van der Waals surface area contributed by atoms with Crippen molar-refractivity contribution in [3.05, 3.63) is 71.8 Å². The van der Waals surface area contributed by atoms with Crippen molar-refractivity contribution >= 4 is 0 Å². The van der Waals surface area contributed by atoms with Gasteiger partial charge in [-0.3, -0.25) is 4.90 Å². The van der Waals surface area contributed by atoms with Crippen LogP contribution in [0.25, 0.3) is 0 Å². The maximum Gasteiger partial charge on any atom is 0.0476 e. The van der Waals surface area contributed by atoms with Gasteiger partial charge in [-0.05, 0) is 23.5 Å². The molecule has 1 saturated heterocycles. The molecular formula is C21H28N2. The average molecular weight is 308 g/mol. The Hall–Kier alpha value is -1.64. The molecule has 2 atom stereocenters. The van der Waals surface area contributed by atoms with Gasteiger partial charge in [0.05, 0.1) is 0 Å². The summed E-state index contributed by atoms with van der Waals surface area (Å²) in [5.41, 5.74) is 2.82. The highest BCUT2D eigenvalue weighted by Crippen LogP contribution is 2.26. The quantitative estimate of drug-likeness (QED) is 0.888. The zero-order chi connectivity index (χ0) is 16.1. The molecule has 0 aromatic heterocycles. The van der Waals surface area contributed by atoms with E-state index in [0.717, 1.165) is 25.6 Å². The Morgan fingerprint density at radius 2 is 1.65 bits per heavy atom. The fraction of sp³-hybridized carbons (Fsp3) is 0.429. The molecule has 23 heavy (non-hydrogen) atoms. The van der Waals surface area contributed by atoms with Gasteiger partial charge in [-0.2, -0.15) is 0 Å². The average Bonchev–Trinajstić information content (AvgIpc) is 2.56. The van der Waals surface area contributed by atoms with Crippen LogP contribution in [0.15, 0.2) is 60.7 Å². The van der Waals surface area contributed by atoms with Crippen molar-refractivity contribution in [2.75, 3.05) is 13.1 Å². The minimum Gasteiger partial charge on any atom is -0.311 e. The summed E-state index contributed by atoms with van der Waals surface area (Å²) in [6.07, 6.45) is 1.24. The first-order chi connectivity index (χ1) is 11.2. The largest absolute Gasteiger partial charge is 0.311 e. The molecule has 0 bridgehead atoms. The first-order valence-electron chi connectivity index (χ1n) is 8.78. The molecule has 1 fully saturated rings. The summed E-state index contributed by atoms with van der Waals surface area (Å²) in [6.45, 7) is 7.80. The van der Waals surface area contributed by atoms with Gasteiger partial charge in [0, 0.05) is 31.7 Å². The molecule has 2 nitrogen and oxygen atoms in total. The summed E-state index contributed by atoms with van der Waals surface area (Å²) in [7, 11) is 0. The van der Waals surface area contributed by atoms with Crippen LogP contribution in [0, 0.1) is 5.92 Å². The van der Waals surface area contributed by atoms with E-state index >= 15 is 0 Å². The molecule has 1 aliphatic rings. The summed E-state index contributed by atoms with van der Waals surface area (Å²) in [6, 6.07) is 22.8. The molecule has 0 aliphatic carbocycles. The fourth-order valence-corrected chi connectivity index (χ4v) is 3.61. The van der Waals surface area contributed by atoms with Crippen LogP contribution in [-0.2, 0) is 6.54 Å². The van der Waals surface area contributed by atoms with E-state index in [0.29, 0.717) is 12.1 Å². The number of benzene rings is 2. The van der Waals surface area contributed by atoms with Gasteiger partial charge in [0.1, 0.15) is 0 Å². The van der Waals surface area contributed by atoms with E-state index in [1.807, 2.05) is 0 Å². The number of rotatable bonds is 5. The van der Waals surface area contributed by atoms with Gasteiger partial charge < -0.3 is 5.32 Å². The van der Waals surface area contributed by atoms with E-state index in [1.54, 1.807) is 0 Å². The van der Waals surface area contributed by atoms with Crippen LogP contribution in [0.1, 0.15) is 37.4 Å². The zero-order valence-electron chi connectivity index (χ0n) is 14.3. The maximum atomic E-state index is 3.77. The second kappa shape index (κ2) is 7.76. The Labute approximate surface area is 140 Å². The lowest BCUT2D eigenvalue weighted by Crippen LogP contribution is -2.52. The Kier molecular flexibility index (Phi) is 5.47. The van der Waals surface area contributed by atoms with Crippen molar-refractivity contribution in [2.45, 2.75) is 38.9 Å². The van der Waals surface area contributed by atoms with Crippen LogP contribution in [0.3, 0.4) is 0 Å². The van der Waals surface area contributed by atoms with Crippen LogP contribution in [0.2, 0.25) is 0 Å². The molecule has 1 heterocycles. The minimum absolute atomic E-state index is 0.458. The lowest BCUT2D eigenvalue weighted by Gasteiger charge is -2.41. The Bertz CT molecular complexity index is 579. The van der Waals surface area contributed by atoms with Gasteiger partial charge in [-0.25, -0.2) is 0 Å². The van der Waals surface area contributed by atoms with Crippen molar-refractivity contribution in [3.63, 3.8) is 0 Å². The molecule has 1 aliphatic heterocycles. The fourth-order valence-electron chi connectivity index (χ4n) is 3.61. The van der Waals surface area contributed by atoms with Gasteiger partial charge in [-0.15, -0.1) is 0 Å². The Balaban J connectivity index is 1.77. The molecule has 0 saturated carbocycles. The van der Waals surface area contributed by atoms with Crippen LogP contribution in [0.4, 0.5) is 0 Å². The molecular weight excluding hydrogens is 280 g/mol. The summed E-state index contributed by atoms with van der Waals surface area (Å²) >= 11 is 0. The zero-order valence-corrected chi connectivity index (χ0v) is 14.3. The van der Waals surface area contributed by atoms with E-state index in [4.69, 9.17) is 0 Å². The number of hydrogen-bond donors (Lipinski definition) is 1. The van der Waals surface area contributed by atoms with Crippen LogP contribution < -0.4 is 5.32 Å². The number of nitrogens with zero attached hydrogens (tertiary/aromatic N) is 1. The van der Waals surface area contributed by atoms with Gasteiger partial charge in [0.15, 0.2) is 0 Å². The summed E-state index contributed by atoms with van der Waals surface area (Å²) < 4.78 is 0. The van der Waals surface area contributed by atoms with Crippen LogP contribution in [0.5, 0.6) is 0 Å². The summed E-state index contributed by atoms with van der Waals surface area (Å²) in [5.74, 6) is 0.736. The lowest BCUT2D eigenvalue weighted by molar-refractivity contribution is 0.114. The standard InChI is InChI=1S/C21H28N2/c1-17(2)13-20-16-23(15-18-9-5-3-6-10-18)21(14-22-20)19-11-7-4-8-12-19/h3-12,17,20-22H,13-16H2,1-2H3. The van der Waals surface area contributed by atoms with E-state index in [1.165, 1.54) is 17.5 Å². The number of hydrogen-bond acceptors (Lipinski definition) is 2. The van der Waals surface area contributed by atoms with Gasteiger partial charge in [0.2, 0.25) is 0 Å². The monoisotopic (exact) mass is 308 g/mol. The van der Waals surface area contributed by atoms with Crippen molar-refractivity contribution in [3.8, 4) is 0 Å². The third-order valence-electron chi connectivity index (χ3n) is 4.66. The molecule has 2 unspecified atom stereocenters. The SMILES string of the molecule is CC(C)CC1CN(Cc2ccccc2)C(c2ccccc2)CN1. The molecule has 0 radical (unpaired) electrons. The Morgan fingerprint density at radius 1 is 1.00 bits per heavy atom. The minimum atomic E-state index is 0.458. The maximum absolute atomic E-state index is 3.77. The number of nitrogens with one attached hydrogen (secondary N) is 1. The third kappa shape index (κ3) is 4.43. The summed E-state index contributed by atoms with van der Waals surface area (Å²) in [5, 5.41) is 3.77. The van der Waals surface area contributed by atoms with Crippen LogP contribution >= 0.6 is 0 Å². The third-order valence-corrected chi connectivity index (χ3v) is 4.66. The smallest absolute Gasteiger partial charge is 0.0476 e. The normalized spacial score (nSPS) is 22.4. The van der Waals surface area contributed by atoms with Gasteiger partial charge >= 0.3 is 0 Å². The van der Waals surface area contributed by atoms with Crippen molar-refractivity contribution < 1.29 is 0 Å². The highest BCUT2D eigenvalue weighted by molar-refractivity contribution is 5.22. The van der Waals surface area contributed by atoms with E-state index in [-0.39, 0.29) is 0 Å².